The molecular formula is C37H65N11O13S. The number of amides is 9. The third-order valence-corrected chi connectivity index (χ3v) is 10.2. The first kappa shape index (κ1) is 54.9. The fourth-order valence-corrected chi connectivity index (χ4v) is 6.02. The van der Waals surface area contributed by atoms with Crippen LogP contribution in [0.25, 0.3) is 0 Å². The minimum atomic E-state index is -1.66. The van der Waals surface area contributed by atoms with Crippen molar-refractivity contribution in [1.29, 1.82) is 0 Å². The number of carboxylic acid groups (broad SMARTS) is 1. The van der Waals surface area contributed by atoms with Crippen molar-refractivity contribution in [3.8, 4) is 0 Å². The molecule has 1 aliphatic heterocycles. The van der Waals surface area contributed by atoms with Crippen molar-refractivity contribution in [2.75, 3.05) is 38.6 Å². The van der Waals surface area contributed by atoms with Crippen molar-refractivity contribution in [2.24, 2.45) is 11.7 Å². The molecule has 0 unspecified atom stereocenters. The molecule has 0 bridgehead atoms. The maximum absolute atomic E-state index is 13.5. The van der Waals surface area contributed by atoms with Crippen LogP contribution in [0.15, 0.2) is 0 Å². The van der Waals surface area contributed by atoms with Crippen molar-refractivity contribution in [3.63, 3.8) is 0 Å². The van der Waals surface area contributed by atoms with E-state index in [2.05, 4.69) is 65.8 Å². The van der Waals surface area contributed by atoms with Gasteiger partial charge in [0.15, 0.2) is 0 Å². The van der Waals surface area contributed by atoms with Crippen LogP contribution in [0.3, 0.4) is 0 Å². The molecule has 0 aromatic carbocycles. The van der Waals surface area contributed by atoms with Crippen LogP contribution in [0.1, 0.15) is 73.1 Å². The molecule has 1 fully saturated rings. The molecule has 1 heterocycles. The Bertz CT molecular complexity index is 1570. The molecule has 0 aromatic rings. The van der Waals surface area contributed by atoms with Crippen LogP contribution in [-0.2, 0) is 47.9 Å². The average molecular weight is 904 g/mol. The van der Waals surface area contributed by atoms with E-state index in [0.717, 1.165) is 6.42 Å². The van der Waals surface area contributed by atoms with E-state index in [1.165, 1.54) is 20.8 Å². The quantitative estimate of drug-likeness (QED) is 0.0257. The predicted octanol–water partition coefficient (Wildman–Crippen LogP) is -6.03. The highest BCUT2D eigenvalue weighted by atomic mass is 32.1. The van der Waals surface area contributed by atoms with Crippen molar-refractivity contribution >= 4 is 71.8 Å². The summed E-state index contributed by atoms with van der Waals surface area (Å²) in [5.41, 5.74) is 5.58. The molecule has 1 rings (SSSR count). The Hall–Kier alpha value is -5.11. The first-order chi connectivity index (χ1) is 29.2. The molecule has 352 valence electrons. The number of nitrogens with one attached hydrogen (secondary N) is 10. The molecule has 1 aliphatic rings. The number of thiol groups is 1. The number of hydrogen-bond donors (Lipinski definition) is 15. The van der Waals surface area contributed by atoms with Crippen molar-refractivity contribution in [2.45, 2.75) is 128 Å². The van der Waals surface area contributed by atoms with E-state index < -0.39 is 133 Å². The van der Waals surface area contributed by atoms with Crippen LogP contribution in [-0.4, -0.2) is 167 Å². The van der Waals surface area contributed by atoms with E-state index in [9.17, 15) is 58.2 Å². The van der Waals surface area contributed by atoms with E-state index in [1.54, 1.807) is 13.8 Å². The Kier molecular flexibility index (Phi) is 25.2. The largest absolute Gasteiger partial charge is 0.480 e. The average Bonchev–Trinajstić information content (AvgIpc) is 3.79. The standard InChI is InChI=1S/C37H65N11O13S/c1-6-18(2)28(48-31(54)21(5)42-30(53)20(4)41-27(51)14-40-29(52)19(3)43-32(55)22-11-9-13-39-22)36(59)45-24(15-49)34(57)44-23(10-7-8-12-38)33(56)47-26(17-62)35(58)46-25(16-50)37(60)61/h18-26,28,39,49-50,62H,6-17,38H2,1-5H3,(H,40,52)(H,41,51)(H,42,53)(H,43,55)(H,44,57)(H,45,59)(H,46,58)(H,47,56)(H,48,54)(H,60,61)/t18-,19-,20-,21-,22-,23-,24-,25-,26-,28-/m0/s1. The Morgan fingerprint density at radius 2 is 1.19 bits per heavy atom. The number of aliphatic carboxylic acids is 1. The van der Waals surface area contributed by atoms with Gasteiger partial charge >= 0.3 is 5.97 Å². The van der Waals surface area contributed by atoms with Gasteiger partial charge in [0.2, 0.25) is 53.2 Å². The Morgan fingerprint density at radius 1 is 0.661 bits per heavy atom. The number of hydrogen-bond acceptors (Lipinski definition) is 15. The van der Waals surface area contributed by atoms with Gasteiger partial charge in [-0.2, -0.15) is 12.6 Å². The van der Waals surface area contributed by atoms with Gasteiger partial charge < -0.3 is 74.2 Å². The lowest BCUT2D eigenvalue weighted by molar-refractivity contribution is -0.143. The second-order valence-electron chi connectivity index (χ2n) is 14.9. The number of aliphatic hydroxyl groups is 2. The van der Waals surface area contributed by atoms with Crippen molar-refractivity contribution in [3.05, 3.63) is 0 Å². The third kappa shape index (κ3) is 18.9. The van der Waals surface area contributed by atoms with Crippen LogP contribution in [0, 0.1) is 5.92 Å². The fourth-order valence-electron chi connectivity index (χ4n) is 5.76. The predicted molar refractivity (Wildman–Crippen MR) is 225 cm³/mol. The molecule has 0 radical (unpaired) electrons. The van der Waals surface area contributed by atoms with Crippen molar-refractivity contribution in [1.82, 2.24) is 53.2 Å². The molecular weight excluding hydrogens is 839 g/mol. The first-order valence-electron chi connectivity index (χ1n) is 20.4. The van der Waals surface area contributed by atoms with E-state index in [-0.39, 0.29) is 24.6 Å². The Labute approximate surface area is 365 Å². The van der Waals surface area contributed by atoms with Gasteiger partial charge in [0.05, 0.1) is 25.8 Å². The van der Waals surface area contributed by atoms with E-state index in [4.69, 9.17) is 10.8 Å². The summed E-state index contributed by atoms with van der Waals surface area (Å²) in [6.07, 6.45) is 2.60. The molecule has 1 saturated heterocycles. The summed E-state index contributed by atoms with van der Waals surface area (Å²) in [7, 11) is 0. The fraction of sp³-hybridized carbons (Fsp3) is 0.730. The zero-order valence-electron chi connectivity index (χ0n) is 35.7. The molecule has 24 nitrogen and oxygen atoms in total. The normalized spacial score (nSPS) is 17.7. The Balaban J connectivity index is 2.88. The van der Waals surface area contributed by atoms with E-state index in [1.807, 2.05) is 0 Å². The molecule has 62 heavy (non-hydrogen) atoms. The maximum Gasteiger partial charge on any atom is 0.328 e. The summed E-state index contributed by atoms with van der Waals surface area (Å²) in [6, 6.07) is -11.0. The van der Waals surface area contributed by atoms with Crippen LogP contribution >= 0.6 is 12.6 Å². The minimum Gasteiger partial charge on any atom is -0.480 e. The summed E-state index contributed by atoms with van der Waals surface area (Å²) in [5.74, 6) is -9.38. The summed E-state index contributed by atoms with van der Waals surface area (Å²) in [6.45, 7) is 6.05. The molecule has 25 heteroatoms. The lowest BCUT2D eigenvalue weighted by atomic mass is 9.97. The molecule has 9 amide bonds. The molecule has 15 N–H and O–H groups in total. The summed E-state index contributed by atoms with van der Waals surface area (Å²) in [4.78, 5) is 127. The number of carbonyl (C=O) groups excluding carboxylic acids is 9. The second kappa shape index (κ2) is 28.5. The third-order valence-electron chi connectivity index (χ3n) is 9.88. The maximum atomic E-state index is 13.5. The number of aliphatic hydroxyl groups excluding tert-OH is 2. The van der Waals surface area contributed by atoms with Crippen molar-refractivity contribution < 1.29 is 63.3 Å². The molecule has 0 spiro atoms. The summed E-state index contributed by atoms with van der Waals surface area (Å²) >= 11 is 4.04. The highest BCUT2D eigenvalue weighted by Crippen LogP contribution is 2.10. The van der Waals surface area contributed by atoms with Crippen LogP contribution in [0.5, 0.6) is 0 Å². The monoisotopic (exact) mass is 903 g/mol. The zero-order chi connectivity index (χ0) is 47.1. The minimum absolute atomic E-state index is 0.00290. The Morgan fingerprint density at radius 3 is 1.74 bits per heavy atom. The SMILES string of the molecule is CC[C@H](C)[C@H](NC(=O)[C@H](C)NC(=O)[C@H](C)NC(=O)CNC(=O)[C@H](C)NC(=O)[C@@H]1CCCN1)C(=O)N[C@@H](CO)C(=O)N[C@@H](CCCCN)C(=O)N[C@@H](CS)C(=O)N[C@@H](CO)C(=O)O. The lowest BCUT2D eigenvalue weighted by Gasteiger charge is -2.28. The number of unbranched alkanes of at least 4 members (excludes halogenated alkanes) is 1. The van der Waals surface area contributed by atoms with Crippen LogP contribution in [0.4, 0.5) is 0 Å². The number of carboxylic acids is 1. The number of carbonyl (C=O) groups is 10. The van der Waals surface area contributed by atoms with Gasteiger partial charge in [-0.1, -0.05) is 20.3 Å². The molecule has 10 atom stereocenters. The number of nitrogens with two attached hydrogens (primary N) is 1. The van der Waals surface area contributed by atoms with Gasteiger partial charge in [-0.15, -0.1) is 0 Å². The van der Waals surface area contributed by atoms with Gasteiger partial charge in [0.1, 0.15) is 48.3 Å². The topological polar surface area (TPSA) is 378 Å². The number of rotatable bonds is 28. The summed E-state index contributed by atoms with van der Waals surface area (Å²) < 4.78 is 0. The highest BCUT2D eigenvalue weighted by molar-refractivity contribution is 7.80. The van der Waals surface area contributed by atoms with E-state index in [0.29, 0.717) is 32.2 Å². The van der Waals surface area contributed by atoms with Crippen LogP contribution in [0.2, 0.25) is 0 Å². The van der Waals surface area contributed by atoms with E-state index >= 15 is 0 Å². The molecule has 0 aromatic heterocycles. The van der Waals surface area contributed by atoms with Gasteiger partial charge in [0, 0.05) is 5.75 Å². The molecule has 0 saturated carbocycles. The molecule has 0 aliphatic carbocycles. The highest BCUT2D eigenvalue weighted by Gasteiger charge is 2.34. The van der Waals surface area contributed by atoms with Gasteiger partial charge in [0.25, 0.3) is 0 Å². The smallest absolute Gasteiger partial charge is 0.328 e. The summed E-state index contributed by atoms with van der Waals surface area (Å²) in [5, 5.41) is 53.0. The second-order valence-corrected chi connectivity index (χ2v) is 15.3. The van der Waals surface area contributed by atoms with Crippen LogP contribution < -0.4 is 58.9 Å². The lowest BCUT2D eigenvalue weighted by Crippen LogP contribution is -2.61. The first-order valence-corrected chi connectivity index (χ1v) is 21.1. The van der Waals surface area contributed by atoms with Gasteiger partial charge in [-0.25, -0.2) is 4.79 Å². The van der Waals surface area contributed by atoms with Gasteiger partial charge in [-0.05, 0) is 71.9 Å². The van der Waals surface area contributed by atoms with Gasteiger partial charge in [-0.3, -0.25) is 43.2 Å². The zero-order valence-corrected chi connectivity index (χ0v) is 36.6.